The average molecular weight is 242 g/mol. The van der Waals surface area contributed by atoms with Gasteiger partial charge in [-0.1, -0.05) is 26.7 Å². The van der Waals surface area contributed by atoms with Crippen LogP contribution in [0, 0.1) is 5.41 Å². The Morgan fingerprint density at radius 3 is 2.47 bits per heavy atom. The minimum absolute atomic E-state index is 0.284. The molecule has 0 radical (unpaired) electrons. The number of nitrogens with one attached hydrogen (secondary N) is 1. The Balaban J connectivity index is 2.45. The third-order valence-corrected chi connectivity index (χ3v) is 4.01. The zero-order valence-corrected chi connectivity index (χ0v) is 11.7. The van der Waals surface area contributed by atoms with E-state index in [9.17, 15) is 0 Å². The summed E-state index contributed by atoms with van der Waals surface area (Å²) in [4.78, 5) is 2.40. The Kier molecular flexibility index (Phi) is 7.09. The number of aliphatic hydroxyl groups is 1. The maximum absolute atomic E-state index is 9.08. The van der Waals surface area contributed by atoms with E-state index in [0.717, 1.165) is 32.7 Å². The normalized spacial score (nSPS) is 19.1. The van der Waals surface area contributed by atoms with E-state index in [0.29, 0.717) is 5.41 Å². The molecule has 1 fully saturated rings. The molecule has 1 aliphatic carbocycles. The molecule has 0 aromatic carbocycles. The molecule has 1 aliphatic rings. The summed E-state index contributed by atoms with van der Waals surface area (Å²) in [5, 5.41) is 12.7. The van der Waals surface area contributed by atoms with Gasteiger partial charge in [0.2, 0.25) is 0 Å². The number of rotatable bonds is 9. The second-order valence-corrected chi connectivity index (χ2v) is 5.48. The van der Waals surface area contributed by atoms with Gasteiger partial charge in [0.15, 0.2) is 0 Å². The summed E-state index contributed by atoms with van der Waals surface area (Å²) < 4.78 is 0. The number of likely N-dealkylation sites (N-methyl/N-ethyl adjacent to an activating group) is 1. The van der Waals surface area contributed by atoms with Crippen LogP contribution in [-0.4, -0.2) is 49.3 Å². The molecule has 0 bridgehead atoms. The lowest BCUT2D eigenvalue weighted by Crippen LogP contribution is -2.43. The lowest BCUT2D eigenvalue weighted by atomic mass is 9.85. The second-order valence-electron chi connectivity index (χ2n) is 5.48. The first kappa shape index (κ1) is 14.9. The van der Waals surface area contributed by atoms with Crippen LogP contribution in [0.3, 0.4) is 0 Å². The maximum atomic E-state index is 9.08. The summed E-state index contributed by atoms with van der Waals surface area (Å²) in [5.74, 6) is 0. The third-order valence-electron chi connectivity index (χ3n) is 4.01. The Bertz CT molecular complexity index is 191. The molecule has 0 saturated heterocycles. The topological polar surface area (TPSA) is 35.5 Å². The van der Waals surface area contributed by atoms with Gasteiger partial charge >= 0.3 is 0 Å². The Morgan fingerprint density at radius 1 is 1.24 bits per heavy atom. The van der Waals surface area contributed by atoms with Crippen molar-refractivity contribution in [2.45, 2.75) is 46.0 Å². The Hall–Kier alpha value is -0.120. The van der Waals surface area contributed by atoms with Crippen molar-refractivity contribution in [3.63, 3.8) is 0 Å². The molecule has 1 saturated carbocycles. The van der Waals surface area contributed by atoms with Gasteiger partial charge in [-0.2, -0.15) is 0 Å². The molecule has 3 heteroatoms. The molecule has 3 nitrogen and oxygen atoms in total. The van der Waals surface area contributed by atoms with Crippen molar-refractivity contribution in [3.05, 3.63) is 0 Å². The van der Waals surface area contributed by atoms with Gasteiger partial charge in [-0.15, -0.1) is 0 Å². The highest BCUT2D eigenvalue weighted by atomic mass is 16.3. The van der Waals surface area contributed by atoms with Crippen molar-refractivity contribution in [3.8, 4) is 0 Å². The van der Waals surface area contributed by atoms with Crippen LogP contribution < -0.4 is 5.32 Å². The first-order chi connectivity index (χ1) is 8.26. The number of hydrogen-bond acceptors (Lipinski definition) is 3. The van der Waals surface area contributed by atoms with Crippen molar-refractivity contribution in [1.82, 2.24) is 10.2 Å². The molecule has 0 atom stereocenters. The van der Waals surface area contributed by atoms with Crippen LogP contribution in [0.25, 0.3) is 0 Å². The largest absolute Gasteiger partial charge is 0.395 e. The fourth-order valence-electron chi connectivity index (χ4n) is 3.01. The molecule has 0 spiro atoms. The van der Waals surface area contributed by atoms with Crippen molar-refractivity contribution in [1.29, 1.82) is 0 Å². The zero-order valence-electron chi connectivity index (χ0n) is 11.7. The smallest absolute Gasteiger partial charge is 0.0558 e. The predicted molar refractivity (Wildman–Crippen MR) is 73.3 cm³/mol. The number of nitrogens with zero attached hydrogens (tertiary/aromatic N) is 1. The van der Waals surface area contributed by atoms with Crippen molar-refractivity contribution < 1.29 is 5.11 Å². The minimum atomic E-state index is 0.284. The molecule has 102 valence electrons. The van der Waals surface area contributed by atoms with E-state index >= 15 is 0 Å². The van der Waals surface area contributed by atoms with Crippen molar-refractivity contribution in [2.75, 3.05) is 39.3 Å². The molecule has 0 aromatic heterocycles. The van der Waals surface area contributed by atoms with Crippen LogP contribution in [0.4, 0.5) is 0 Å². The second kappa shape index (κ2) is 8.06. The monoisotopic (exact) mass is 242 g/mol. The van der Waals surface area contributed by atoms with Gasteiger partial charge in [-0.05, 0) is 37.8 Å². The van der Waals surface area contributed by atoms with Gasteiger partial charge in [-0.25, -0.2) is 0 Å². The van der Waals surface area contributed by atoms with E-state index in [-0.39, 0.29) is 6.61 Å². The van der Waals surface area contributed by atoms with Crippen LogP contribution in [-0.2, 0) is 0 Å². The van der Waals surface area contributed by atoms with Gasteiger partial charge in [0, 0.05) is 19.6 Å². The fraction of sp³-hybridized carbons (Fsp3) is 1.00. The lowest BCUT2D eigenvalue weighted by Gasteiger charge is -2.35. The summed E-state index contributed by atoms with van der Waals surface area (Å²) in [6, 6.07) is 0. The van der Waals surface area contributed by atoms with Crippen LogP contribution in [0.15, 0.2) is 0 Å². The fourth-order valence-corrected chi connectivity index (χ4v) is 3.01. The van der Waals surface area contributed by atoms with Crippen molar-refractivity contribution in [2.24, 2.45) is 5.41 Å². The van der Waals surface area contributed by atoms with Crippen molar-refractivity contribution >= 4 is 0 Å². The molecular formula is C14H30N2O. The van der Waals surface area contributed by atoms with Gasteiger partial charge in [0.1, 0.15) is 0 Å². The van der Waals surface area contributed by atoms with Gasteiger partial charge in [-0.3, -0.25) is 0 Å². The molecule has 2 N–H and O–H groups in total. The third kappa shape index (κ3) is 4.94. The summed E-state index contributed by atoms with van der Waals surface area (Å²) in [6.45, 7) is 10.0. The van der Waals surface area contributed by atoms with Gasteiger partial charge in [0.05, 0.1) is 6.61 Å². The van der Waals surface area contributed by atoms with E-state index in [2.05, 4.69) is 24.1 Å². The minimum Gasteiger partial charge on any atom is -0.395 e. The SMILES string of the molecule is CCCNCC1(CN(CC)CCO)CCCC1. The van der Waals surface area contributed by atoms with Crippen LogP contribution in [0.1, 0.15) is 46.0 Å². The molecule has 0 amide bonds. The Labute approximate surface area is 107 Å². The van der Waals surface area contributed by atoms with Crippen LogP contribution in [0.2, 0.25) is 0 Å². The average Bonchev–Trinajstić information content (AvgIpc) is 2.78. The van der Waals surface area contributed by atoms with E-state index in [4.69, 9.17) is 5.11 Å². The predicted octanol–water partition coefficient (Wildman–Crippen LogP) is 1.86. The first-order valence-corrected chi connectivity index (χ1v) is 7.30. The van der Waals surface area contributed by atoms with E-state index in [1.54, 1.807) is 0 Å². The molecule has 17 heavy (non-hydrogen) atoms. The first-order valence-electron chi connectivity index (χ1n) is 7.30. The maximum Gasteiger partial charge on any atom is 0.0558 e. The summed E-state index contributed by atoms with van der Waals surface area (Å²) >= 11 is 0. The highest BCUT2D eigenvalue weighted by Crippen LogP contribution is 2.38. The molecule has 1 rings (SSSR count). The molecule has 0 aromatic rings. The van der Waals surface area contributed by atoms with E-state index in [1.165, 1.54) is 32.1 Å². The van der Waals surface area contributed by atoms with Gasteiger partial charge < -0.3 is 15.3 Å². The molecule has 0 unspecified atom stereocenters. The molecule has 0 aliphatic heterocycles. The quantitative estimate of drug-likeness (QED) is 0.606. The summed E-state index contributed by atoms with van der Waals surface area (Å²) in [6.07, 6.45) is 6.68. The molecule has 0 heterocycles. The van der Waals surface area contributed by atoms with Gasteiger partial charge in [0.25, 0.3) is 0 Å². The Morgan fingerprint density at radius 2 is 1.94 bits per heavy atom. The highest BCUT2D eigenvalue weighted by molar-refractivity contribution is 4.89. The number of hydrogen-bond donors (Lipinski definition) is 2. The summed E-state index contributed by atoms with van der Waals surface area (Å²) in [7, 11) is 0. The number of aliphatic hydroxyl groups excluding tert-OH is 1. The standard InChI is InChI=1S/C14H30N2O/c1-3-9-15-12-14(7-5-6-8-14)13-16(4-2)10-11-17/h15,17H,3-13H2,1-2H3. The molecular weight excluding hydrogens is 212 g/mol. The zero-order chi connectivity index (χ0) is 12.6. The lowest BCUT2D eigenvalue weighted by molar-refractivity contribution is 0.129. The van der Waals surface area contributed by atoms with Crippen LogP contribution in [0.5, 0.6) is 0 Å². The van der Waals surface area contributed by atoms with Crippen LogP contribution >= 0.6 is 0 Å². The summed E-state index contributed by atoms with van der Waals surface area (Å²) in [5.41, 5.74) is 0.473. The highest BCUT2D eigenvalue weighted by Gasteiger charge is 2.34. The van der Waals surface area contributed by atoms with E-state index < -0.39 is 0 Å². The van der Waals surface area contributed by atoms with E-state index in [1.807, 2.05) is 0 Å².